The Morgan fingerprint density at radius 1 is 1.00 bits per heavy atom. The normalized spacial score (nSPS) is 25.9. The van der Waals surface area contributed by atoms with Crippen molar-refractivity contribution in [1.29, 1.82) is 0 Å². The van der Waals surface area contributed by atoms with Crippen LogP contribution in [-0.4, -0.2) is 18.7 Å². The molecule has 0 aliphatic heterocycles. The summed E-state index contributed by atoms with van der Waals surface area (Å²) < 4.78 is 4.70. The molecule has 1 saturated carbocycles. The van der Waals surface area contributed by atoms with Crippen LogP contribution in [0, 0.1) is 10.8 Å². The highest BCUT2D eigenvalue weighted by Gasteiger charge is 2.45. The first-order valence-electron chi connectivity index (χ1n) is 5.94. The van der Waals surface area contributed by atoms with Crippen molar-refractivity contribution in [2.24, 2.45) is 10.8 Å². The van der Waals surface area contributed by atoms with E-state index < -0.39 is 0 Å². The Labute approximate surface area is 98.9 Å². The summed E-state index contributed by atoms with van der Waals surface area (Å²) in [5.74, 6) is 0. The third-order valence-corrected chi connectivity index (χ3v) is 3.28. The zero-order valence-electron chi connectivity index (χ0n) is 11.4. The second-order valence-electron chi connectivity index (χ2n) is 7.04. The Kier molecular flexibility index (Phi) is 3.28. The number of rotatable bonds is 1. The molecule has 0 heterocycles. The second-order valence-corrected chi connectivity index (χ2v) is 7.04. The smallest absolute Gasteiger partial charge is 0.407 e. The maximum Gasteiger partial charge on any atom is 0.407 e. The lowest BCUT2D eigenvalue weighted by molar-refractivity contribution is 0.0368. The average molecular weight is 227 g/mol. The first-order chi connectivity index (χ1) is 7.08. The van der Waals surface area contributed by atoms with Crippen LogP contribution in [0.2, 0.25) is 0 Å². The first kappa shape index (κ1) is 13.3. The molecule has 0 aromatic heterocycles. The largest absolute Gasteiger partial charge is 0.453 e. The molecule has 1 fully saturated rings. The zero-order valence-corrected chi connectivity index (χ0v) is 11.4. The minimum Gasteiger partial charge on any atom is -0.453 e. The molecule has 0 saturated heterocycles. The molecule has 1 aliphatic rings. The Morgan fingerprint density at radius 3 is 1.81 bits per heavy atom. The minimum atomic E-state index is -0.323. The molecular weight excluding hydrogens is 202 g/mol. The SMILES string of the molecule is COC(=O)NC1(C)CC(C)(C)CC(C)(C)C1. The number of ether oxygens (including phenoxy) is 1. The van der Waals surface area contributed by atoms with Crippen molar-refractivity contribution >= 4 is 6.09 Å². The average Bonchev–Trinajstić information content (AvgIpc) is 1.95. The summed E-state index contributed by atoms with van der Waals surface area (Å²) in [6.07, 6.45) is 2.87. The van der Waals surface area contributed by atoms with E-state index in [0.717, 1.165) is 12.8 Å². The highest BCUT2D eigenvalue weighted by molar-refractivity contribution is 5.68. The lowest BCUT2D eigenvalue weighted by Crippen LogP contribution is -2.54. The van der Waals surface area contributed by atoms with Gasteiger partial charge in [-0.2, -0.15) is 0 Å². The fraction of sp³-hybridized carbons (Fsp3) is 0.923. The monoisotopic (exact) mass is 227 g/mol. The van der Waals surface area contributed by atoms with Crippen LogP contribution in [0.3, 0.4) is 0 Å². The first-order valence-corrected chi connectivity index (χ1v) is 5.94. The maximum absolute atomic E-state index is 11.4. The van der Waals surface area contributed by atoms with Crippen molar-refractivity contribution in [3.63, 3.8) is 0 Å². The Balaban J connectivity index is 2.83. The van der Waals surface area contributed by atoms with Crippen LogP contribution < -0.4 is 5.32 Å². The molecule has 1 rings (SSSR count). The van der Waals surface area contributed by atoms with Crippen molar-refractivity contribution in [1.82, 2.24) is 5.32 Å². The molecule has 0 bridgehead atoms. The van der Waals surface area contributed by atoms with Crippen LogP contribution in [0.4, 0.5) is 4.79 Å². The van der Waals surface area contributed by atoms with Crippen LogP contribution in [0.1, 0.15) is 53.9 Å². The number of carbonyl (C=O) groups excluding carboxylic acids is 1. The summed E-state index contributed by atoms with van der Waals surface area (Å²) in [7, 11) is 1.41. The molecule has 0 radical (unpaired) electrons. The van der Waals surface area contributed by atoms with Gasteiger partial charge in [0.25, 0.3) is 0 Å². The van der Waals surface area contributed by atoms with Gasteiger partial charge in [-0.3, -0.25) is 0 Å². The van der Waals surface area contributed by atoms with Crippen molar-refractivity contribution < 1.29 is 9.53 Å². The summed E-state index contributed by atoms with van der Waals surface area (Å²) >= 11 is 0. The molecule has 1 N–H and O–H groups in total. The van der Waals surface area contributed by atoms with Gasteiger partial charge in [-0.05, 0) is 37.0 Å². The number of hydrogen-bond acceptors (Lipinski definition) is 2. The molecule has 0 spiro atoms. The summed E-state index contributed by atoms with van der Waals surface area (Å²) in [6, 6.07) is 0. The molecule has 94 valence electrons. The predicted molar refractivity (Wildman–Crippen MR) is 65.4 cm³/mol. The molecule has 0 aromatic rings. The summed E-state index contributed by atoms with van der Waals surface area (Å²) in [4.78, 5) is 11.4. The van der Waals surface area contributed by atoms with E-state index in [0.29, 0.717) is 0 Å². The quantitative estimate of drug-likeness (QED) is 0.746. The second kappa shape index (κ2) is 3.94. The summed E-state index contributed by atoms with van der Waals surface area (Å²) in [5, 5.41) is 3.00. The van der Waals surface area contributed by atoms with E-state index in [-0.39, 0.29) is 22.5 Å². The van der Waals surface area contributed by atoms with Gasteiger partial charge in [0, 0.05) is 5.54 Å². The van der Waals surface area contributed by atoms with Gasteiger partial charge in [0.2, 0.25) is 0 Å². The Hall–Kier alpha value is -0.730. The van der Waals surface area contributed by atoms with Crippen molar-refractivity contribution in [3.8, 4) is 0 Å². The van der Waals surface area contributed by atoms with Crippen molar-refractivity contribution in [3.05, 3.63) is 0 Å². The van der Waals surface area contributed by atoms with Gasteiger partial charge in [-0.1, -0.05) is 27.7 Å². The van der Waals surface area contributed by atoms with E-state index in [1.165, 1.54) is 13.5 Å². The lowest BCUT2D eigenvalue weighted by atomic mass is 9.59. The van der Waals surface area contributed by atoms with E-state index in [1.54, 1.807) is 0 Å². The van der Waals surface area contributed by atoms with Crippen LogP contribution in [0.25, 0.3) is 0 Å². The van der Waals surface area contributed by atoms with Crippen molar-refractivity contribution in [2.45, 2.75) is 59.4 Å². The number of methoxy groups -OCH3 is 1. The van der Waals surface area contributed by atoms with Crippen LogP contribution in [-0.2, 0) is 4.74 Å². The summed E-state index contributed by atoms with van der Waals surface area (Å²) in [5.41, 5.74) is 0.368. The van der Waals surface area contributed by atoms with Gasteiger partial charge >= 0.3 is 6.09 Å². The highest BCUT2D eigenvalue weighted by Crippen LogP contribution is 2.49. The van der Waals surface area contributed by atoms with Gasteiger partial charge in [-0.15, -0.1) is 0 Å². The molecule has 3 heteroatoms. The van der Waals surface area contributed by atoms with Gasteiger partial charge in [0.1, 0.15) is 0 Å². The molecule has 0 aromatic carbocycles. The number of alkyl carbamates (subject to hydrolysis) is 1. The van der Waals surface area contributed by atoms with Crippen molar-refractivity contribution in [2.75, 3.05) is 7.11 Å². The number of amides is 1. The van der Waals surface area contributed by atoms with E-state index in [1.807, 2.05) is 0 Å². The van der Waals surface area contributed by atoms with Crippen LogP contribution >= 0.6 is 0 Å². The van der Waals surface area contributed by atoms with Gasteiger partial charge < -0.3 is 10.1 Å². The third-order valence-electron chi connectivity index (χ3n) is 3.28. The molecule has 0 atom stereocenters. The standard InChI is InChI=1S/C13H25NO2/c1-11(2)7-12(3,4)9-13(5,8-11)14-10(15)16-6/h7-9H2,1-6H3,(H,14,15). The molecule has 0 unspecified atom stereocenters. The molecule has 16 heavy (non-hydrogen) atoms. The fourth-order valence-corrected chi connectivity index (χ4v) is 3.98. The molecule has 3 nitrogen and oxygen atoms in total. The zero-order chi connectivity index (χ0) is 12.6. The maximum atomic E-state index is 11.4. The predicted octanol–water partition coefficient (Wildman–Crippen LogP) is 3.34. The lowest BCUT2D eigenvalue weighted by Gasteiger charge is -2.50. The van der Waals surface area contributed by atoms with Gasteiger partial charge in [0.05, 0.1) is 7.11 Å². The minimum absolute atomic E-state index is 0.154. The van der Waals surface area contributed by atoms with E-state index >= 15 is 0 Å². The fourth-order valence-electron chi connectivity index (χ4n) is 3.98. The van der Waals surface area contributed by atoms with E-state index in [2.05, 4.69) is 39.9 Å². The Bertz CT molecular complexity index is 266. The molecule has 1 amide bonds. The number of hydrogen-bond donors (Lipinski definition) is 1. The number of nitrogens with one attached hydrogen (secondary N) is 1. The van der Waals surface area contributed by atoms with Gasteiger partial charge in [0.15, 0.2) is 0 Å². The third kappa shape index (κ3) is 3.39. The highest BCUT2D eigenvalue weighted by atomic mass is 16.5. The van der Waals surface area contributed by atoms with E-state index in [4.69, 9.17) is 4.74 Å². The van der Waals surface area contributed by atoms with E-state index in [9.17, 15) is 4.79 Å². The Morgan fingerprint density at radius 2 is 1.44 bits per heavy atom. The summed E-state index contributed by atoms with van der Waals surface area (Å²) in [6.45, 7) is 11.2. The van der Waals surface area contributed by atoms with Gasteiger partial charge in [-0.25, -0.2) is 4.79 Å². The van der Waals surface area contributed by atoms with Crippen LogP contribution in [0.5, 0.6) is 0 Å². The molecule has 1 aliphatic carbocycles. The van der Waals surface area contributed by atoms with Crippen LogP contribution in [0.15, 0.2) is 0 Å². The molecular formula is C13H25NO2. The number of carbonyl (C=O) groups is 1. The topological polar surface area (TPSA) is 38.3 Å².